The predicted molar refractivity (Wildman–Crippen MR) is 48.5 cm³/mol. The van der Waals surface area contributed by atoms with Crippen LogP contribution < -0.4 is 4.72 Å². The molecule has 0 aliphatic rings. The average molecular weight is 205 g/mol. The topological polar surface area (TPSA) is 46.2 Å². The van der Waals surface area contributed by atoms with Gasteiger partial charge in [0.05, 0.1) is 0 Å². The van der Waals surface area contributed by atoms with Gasteiger partial charge in [0.15, 0.2) is 0 Å². The fraction of sp³-hybridized carbons (Fsp3) is 0.143. The Balaban J connectivity index is 2.78. The molecule has 0 spiro atoms. The minimum atomic E-state index is -3.38. The van der Waals surface area contributed by atoms with Gasteiger partial charge in [-0.1, -0.05) is 12.1 Å². The quantitative estimate of drug-likeness (QED) is 0.758. The van der Waals surface area contributed by atoms with Crippen molar-refractivity contribution in [3.63, 3.8) is 0 Å². The Kier molecular flexibility index (Phi) is 2.94. The molecule has 0 aliphatic heterocycles. The third-order valence-electron chi connectivity index (χ3n) is 1.12. The minimum Gasteiger partial charge on any atom is -0.283 e. The average Bonchev–Trinajstić information content (AvgIpc) is 2.06. The van der Waals surface area contributed by atoms with Crippen molar-refractivity contribution < 1.29 is 8.42 Å². The summed E-state index contributed by atoms with van der Waals surface area (Å²) in [6, 6.07) is 9.26. The summed E-state index contributed by atoms with van der Waals surface area (Å²) in [7, 11) is -3.38. The van der Waals surface area contributed by atoms with Crippen LogP contribution in [0, 0.1) is 6.07 Å². The molecular formula is C7H7ClNO2S. The van der Waals surface area contributed by atoms with Crippen LogP contribution in [-0.4, -0.2) is 13.6 Å². The zero-order valence-electron chi connectivity index (χ0n) is 6.12. The van der Waals surface area contributed by atoms with E-state index in [0.717, 1.165) is 0 Å². The van der Waals surface area contributed by atoms with Crippen molar-refractivity contribution in [2.75, 3.05) is 9.93 Å². The second-order valence-electron chi connectivity index (χ2n) is 2.12. The van der Waals surface area contributed by atoms with Crippen LogP contribution in [0.3, 0.4) is 0 Å². The van der Waals surface area contributed by atoms with Gasteiger partial charge < -0.3 is 0 Å². The van der Waals surface area contributed by atoms with E-state index in [1.807, 2.05) is 0 Å². The first-order valence-electron chi connectivity index (χ1n) is 3.16. The van der Waals surface area contributed by atoms with Crippen molar-refractivity contribution in [1.82, 2.24) is 0 Å². The number of hydrogen-bond donors (Lipinski definition) is 1. The highest BCUT2D eigenvalue weighted by atomic mass is 35.5. The highest BCUT2D eigenvalue weighted by molar-refractivity contribution is 7.93. The van der Waals surface area contributed by atoms with E-state index in [4.69, 9.17) is 11.6 Å². The lowest BCUT2D eigenvalue weighted by Crippen LogP contribution is -2.13. The van der Waals surface area contributed by atoms with E-state index in [0.29, 0.717) is 5.69 Å². The Hall–Kier alpha value is -0.740. The summed E-state index contributed by atoms with van der Waals surface area (Å²) < 4.78 is 24.1. The fourth-order valence-electron chi connectivity index (χ4n) is 0.664. The van der Waals surface area contributed by atoms with Crippen LogP contribution in [0.4, 0.5) is 5.69 Å². The number of rotatable bonds is 3. The molecule has 0 amide bonds. The maximum Gasteiger partial charge on any atom is 0.246 e. The van der Waals surface area contributed by atoms with E-state index >= 15 is 0 Å². The summed E-state index contributed by atoms with van der Waals surface area (Å²) in [5.41, 5.74) is 0.471. The maximum absolute atomic E-state index is 10.9. The molecule has 12 heavy (non-hydrogen) atoms. The number of nitrogens with one attached hydrogen (secondary N) is 1. The number of alkyl halides is 1. The SMILES string of the molecule is O=S(=O)(CCl)Nc1c[c]ccc1. The first-order chi connectivity index (χ1) is 5.64. The molecule has 0 atom stereocenters. The Bertz CT molecular complexity index is 336. The van der Waals surface area contributed by atoms with Gasteiger partial charge in [-0.05, 0) is 18.2 Å². The van der Waals surface area contributed by atoms with Crippen molar-refractivity contribution in [2.45, 2.75) is 0 Å². The number of anilines is 1. The van der Waals surface area contributed by atoms with Crippen molar-refractivity contribution in [1.29, 1.82) is 0 Å². The first-order valence-corrected chi connectivity index (χ1v) is 5.35. The Morgan fingerprint density at radius 3 is 2.83 bits per heavy atom. The van der Waals surface area contributed by atoms with Crippen LogP contribution in [0.2, 0.25) is 0 Å². The molecule has 5 heteroatoms. The largest absolute Gasteiger partial charge is 0.283 e. The highest BCUT2D eigenvalue weighted by Crippen LogP contribution is 2.07. The van der Waals surface area contributed by atoms with Gasteiger partial charge in [-0.15, -0.1) is 11.6 Å². The third-order valence-corrected chi connectivity index (χ3v) is 2.82. The van der Waals surface area contributed by atoms with Crippen LogP contribution in [-0.2, 0) is 10.0 Å². The van der Waals surface area contributed by atoms with Crippen LogP contribution >= 0.6 is 11.6 Å². The molecule has 0 fully saturated rings. The van der Waals surface area contributed by atoms with Gasteiger partial charge in [-0.2, -0.15) is 0 Å². The fourth-order valence-corrected chi connectivity index (χ4v) is 1.37. The molecule has 1 radical (unpaired) electrons. The minimum absolute atomic E-state index is 0.443. The monoisotopic (exact) mass is 204 g/mol. The Labute approximate surface area is 76.4 Å². The summed E-state index contributed by atoms with van der Waals surface area (Å²) in [4.78, 5) is 0. The zero-order chi connectivity index (χ0) is 9.03. The van der Waals surface area contributed by atoms with E-state index in [1.165, 1.54) is 6.07 Å². The summed E-state index contributed by atoms with van der Waals surface area (Å²) in [6.45, 7) is 0. The summed E-state index contributed by atoms with van der Waals surface area (Å²) in [5.74, 6) is 0. The highest BCUT2D eigenvalue weighted by Gasteiger charge is 2.06. The smallest absolute Gasteiger partial charge is 0.246 e. The van der Waals surface area contributed by atoms with Gasteiger partial charge in [0.2, 0.25) is 10.0 Å². The molecular weight excluding hydrogens is 198 g/mol. The molecule has 1 N–H and O–H groups in total. The van der Waals surface area contributed by atoms with E-state index in [-0.39, 0.29) is 0 Å². The van der Waals surface area contributed by atoms with E-state index in [2.05, 4.69) is 10.8 Å². The van der Waals surface area contributed by atoms with Gasteiger partial charge in [0.1, 0.15) is 5.21 Å². The molecule has 0 aliphatic carbocycles. The molecule has 1 aromatic rings. The molecule has 3 nitrogen and oxygen atoms in total. The number of benzene rings is 1. The number of hydrogen-bond acceptors (Lipinski definition) is 2. The van der Waals surface area contributed by atoms with Gasteiger partial charge in [-0.25, -0.2) is 8.42 Å². The molecule has 0 unspecified atom stereocenters. The summed E-state index contributed by atoms with van der Waals surface area (Å²) in [5, 5.41) is -0.443. The standard InChI is InChI=1S/C7H7ClNO2S/c8-6-12(10,11)9-7-4-2-1-3-5-7/h1-2,4-5,9H,6H2. The predicted octanol–water partition coefficient (Wildman–Crippen LogP) is 1.42. The van der Waals surface area contributed by atoms with Crippen LogP contribution in [0.15, 0.2) is 24.3 Å². The van der Waals surface area contributed by atoms with Crippen LogP contribution in [0.25, 0.3) is 0 Å². The van der Waals surface area contributed by atoms with Crippen LogP contribution in [0.5, 0.6) is 0 Å². The van der Waals surface area contributed by atoms with Crippen molar-refractivity contribution >= 4 is 27.3 Å². The number of halogens is 1. The van der Waals surface area contributed by atoms with E-state index in [1.54, 1.807) is 18.2 Å². The lowest BCUT2D eigenvalue weighted by atomic mass is 10.3. The summed E-state index contributed by atoms with van der Waals surface area (Å²) >= 11 is 5.18. The Morgan fingerprint density at radius 2 is 2.33 bits per heavy atom. The third kappa shape index (κ3) is 2.71. The maximum atomic E-state index is 10.9. The van der Waals surface area contributed by atoms with E-state index < -0.39 is 15.2 Å². The van der Waals surface area contributed by atoms with Gasteiger partial charge in [-0.3, -0.25) is 4.72 Å². The van der Waals surface area contributed by atoms with Gasteiger partial charge >= 0.3 is 0 Å². The molecule has 0 aromatic heterocycles. The van der Waals surface area contributed by atoms with Crippen molar-refractivity contribution in [3.05, 3.63) is 30.3 Å². The molecule has 1 rings (SSSR count). The molecule has 0 saturated heterocycles. The van der Waals surface area contributed by atoms with Gasteiger partial charge in [0, 0.05) is 5.69 Å². The van der Waals surface area contributed by atoms with Gasteiger partial charge in [0.25, 0.3) is 0 Å². The van der Waals surface area contributed by atoms with E-state index in [9.17, 15) is 8.42 Å². The first kappa shape index (κ1) is 9.35. The van der Waals surface area contributed by atoms with Crippen molar-refractivity contribution in [2.24, 2.45) is 0 Å². The summed E-state index contributed by atoms with van der Waals surface area (Å²) in [6.07, 6.45) is 0. The molecule has 0 saturated carbocycles. The van der Waals surface area contributed by atoms with Crippen molar-refractivity contribution in [3.8, 4) is 0 Å². The molecule has 0 heterocycles. The van der Waals surface area contributed by atoms with Crippen LogP contribution in [0.1, 0.15) is 0 Å². The Morgan fingerprint density at radius 1 is 1.58 bits per heavy atom. The second-order valence-corrected chi connectivity index (χ2v) is 4.42. The zero-order valence-corrected chi connectivity index (χ0v) is 7.69. The molecule has 65 valence electrons. The second kappa shape index (κ2) is 3.78. The molecule has 1 aromatic carbocycles. The lowest BCUT2D eigenvalue weighted by Gasteiger charge is -2.03. The molecule has 0 bridgehead atoms. The normalized spacial score (nSPS) is 11.1. The number of sulfonamides is 1. The lowest BCUT2D eigenvalue weighted by molar-refractivity contribution is 0.605.